The Hall–Kier alpha value is -6.59. The highest BCUT2D eigenvalue weighted by molar-refractivity contribution is 6.73. The maximum atomic E-state index is 15.9. The van der Waals surface area contributed by atoms with Gasteiger partial charge in [-0.25, -0.2) is 9.59 Å². The lowest BCUT2D eigenvalue weighted by Crippen LogP contribution is -2.81. The first-order valence-electron chi connectivity index (χ1n) is 30.9. The summed E-state index contributed by atoms with van der Waals surface area (Å²) < 4.78 is 32.6. The second-order valence-electron chi connectivity index (χ2n) is 24.0. The summed E-state index contributed by atoms with van der Waals surface area (Å²) in [6.45, 7) is 14.2. The van der Waals surface area contributed by atoms with E-state index in [4.69, 9.17) is 23.4 Å². The van der Waals surface area contributed by atoms with Gasteiger partial charge in [0.2, 0.25) is 0 Å². The SMILES string of the molecule is CC/C=C\C/C=C\C/C=C\C/C=C\C/C=C\C/C=C\CCC(=O)OC1CC2OCC2(O)C2C(OC(=O)c3ccccc3)C3(O)CC(OC(=O)[C@H](O[Si](CC)(CC)CC)C(NC(=O)c4ccccc4)c4ccccc4)C(C)=C(C(O)C(=O)C12C)C3(C)C. The van der Waals surface area contributed by atoms with Gasteiger partial charge in [-0.2, -0.15) is 0 Å². The largest absolute Gasteiger partial charge is 0.461 e. The smallest absolute Gasteiger partial charge is 0.338 e. The molecule has 0 aromatic heterocycles. The van der Waals surface area contributed by atoms with E-state index >= 15 is 9.59 Å². The van der Waals surface area contributed by atoms with Crippen LogP contribution in [0, 0.1) is 16.7 Å². The van der Waals surface area contributed by atoms with Crippen LogP contribution >= 0.6 is 0 Å². The average molecular weight is 1190 g/mol. The number of Topliss-reactive ketones (excluding diaryl/α,β-unsaturated/α-hetero) is 1. The maximum Gasteiger partial charge on any atom is 0.338 e. The summed E-state index contributed by atoms with van der Waals surface area (Å²) in [5.41, 5.74) is -6.71. The van der Waals surface area contributed by atoms with Crippen molar-refractivity contribution < 1.29 is 62.7 Å². The zero-order chi connectivity index (χ0) is 62.1. The molecule has 15 heteroatoms. The number of aliphatic hydroxyl groups excluding tert-OH is 1. The number of allylic oxidation sites excluding steroid dienone is 12. The van der Waals surface area contributed by atoms with Crippen LogP contribution < -0.4 is 5.32 Å². The molecule has 1 saturated heterocycles. The Morgan fingerprint density at radius 1 is 0.698 bits per heavy atom. The number of hydrogen-bond acceptors (Lipinski definition) is 13. The number of ketones is 1. The highest BCUT2D eigenvalue weighted by Crippen LogP contribution is 2.64. The minimum atomic E-state index is -2.74. The van der Waals surface area contributed by atoms with Crippen molar-refractivity contribution in [2.24, 2.45) is 16.7 Å². The molecule has 14 nitrogen and oxygen atoms in total. The van der Waals surface area contributed by atoms with Crippen molar-refractivity contribution in [2.45, 2.75) is 192 Å². The van der Waals surface area contributed by atoms with Crippen LogP contribution in [0.4, 0.5) is 0 Å². The number of carbonyl (C=O) groups excluding carboxylic acids is 5. The lowest BCUT2D eigenvalue weighted by atomic mass is 9.44. The molecule has 2 saturated carbocycles. The van der Waals surface area contributed by atoms with Crippen molar-refractivity contribution in [3.8, 4) is 0 Å². The predicted molar refractivity (Wildman–Crippen MR) is 336 cm³/mol. The van der Waals surface area contributed by atoms with E-state index in [-0.39, 0.29) is 36.2 Å². The molecule has 11 atom stereocenters. The second-order valence-corrected chi connectivity index (χ2v) is 28.7. The third-order valence-electron chi connectivity index (χ3n) is 18.6. The number of benzene rings is 3. The first kappa shape index (κ1) is 66.9. The number of ether oxygens (including phenoxy) is 4. The van der Waals surface area contributed by atoms with Gasteiger partial charge in [-0.15, -0.1) is 0 Å². The third kappa shape index (κ3) is 14.9. The molecule has 462 valence electrons. The number of carbonyl (C=O) groups is 5. The summed E-state index contributed by atoms with van der Waals surface area (Å²) in [6.07, 6.45) is 21.1. The van der Waals surface area contributed by atoms with Crippen molar-refractivity contribution in [3.05, 3.63) is 192 Å². The molecule has 1 amide bonds. The monoisotopic (exact) mass is 1190 g/mol. The van der Waals surface area contributed by atoms with Gasteiger partial charge >= 0.3 is 17.9 Å². The summed E-state index contributed by atoms with van der Waals surface area (Å²) >= 11 is 0. The number of rotatable bonds is 28. The molecule has 0 spiro atoms. The van der Waals surface area contributed by atoms with E-state index in [1.807, 2.05) is 39.0 Å². The first-order chi connectivity index (χ1) is 41.3. The molecule has 86 heavy (non-hydrogen) atoms. The molecule has 3 aromatic carbocycles. The molecule has 10 unspecified atom stereocenters. The summed E-state index contributed by atoms with van der Waals surface area (Å²) in [4.78, 5) is 74.3. The van der Waals surface area contributed by atoms with Crippen molar-refractivity contribution in [1.29, 1.82) is 0 Å². The molecular weight excluding hydrogens is 1100 g/mol. The van der Waals surface area contributed by atoms with E-state index in [0.717, 1.165) is 32.1 Å². The fourth-order valence-corrected chi connectivity index (χ4v) is 15.9. The Labute approximate surface area is 510 Å². The Kier molecular flexibility index (Phi) is 23.6. The van der Waals surface area contributed by atoms with Gasteiger partial charge in [-0.3, -0.25) is 14.4 Å². The van der Waals surface area contributed by atoms with Gasteiger partial charge in [0.1, 0.15) is 35.6 Å². The van der Waals surface area contributed by atoms with Gasteiger partial charge in [-0.05, 0) is 118 Å². The molecule has 3 fully saturated rings. The Morgan fingerprint density at radius 3 is 1.72 bits per heavy atom. The van der Waals surface area contributed by atoms with E-state index in [2.05, 4.69) is 73.0 Å². The maximum absolute atomic E-state index is 15.9. The second kappa shape index (κ2) is 30.4. The van der Waals surface area contributed by atoms with Gasteiger partial charge in [0.15, 0.2) is 20.2 Å². The lowest BCUT2D eigenvalue weighted by Gasteiger charge is -2.67. The Bertz CT molecular complexity index is 2990. The van der Waals surface area contributed by atoms with Crippen LogP contribution in [0.5, 0.6) is 0 Å². The Morgan fingerprint density at radius 2 is 1.21 bits per heavy atom. The summed E-state index contributed by atoms with van der Waals surface area (Å²) in [5.74, 6) is -5.30. The number of aliphatic hydroxyl groups is 3. The molecule has 3 aliphatic carbocycles. The zero-order valence-corrected chi connectivity index (χ0v) is 52.5. The number of nitrogens with one attached hydrogen (secondary N) is 1. The summed E-state index contributed by atoms with van der Waals surface area (Å²) in [7, 11) is -2.74. The van der Waals surface area contributed by atoms with Crippen LogP contribution in [-0.2, 0) is 37.8 Å². The number of hydrogen-bond donors (Lipinski definition) is 4. The quantitative estimate of drug-likeness (QED) is 0.0232. The van der Waals surface area contributed by atoms with Crippen molar-refractivity contribution in [3.63, 3.8) is 0 Å². The molecule has 1 aliphatic heterocycles. The van der Waals surface area contributed by atoms with Crippen LogP contribution in [0.15, 0.2) is 175 Å². The van der Waals surface area contributed by atoms with E-state index in [9.17, 15) is 29.7 Å². The highest BCUT2D eigenvalue weighted by Gasteiger charge is 2.77. The molecule has 0 radical (unpaired) electrons. The number of esters is 3. The van der Waals surface area contributed by atoms with Gasteiger partial charge in [0, 0.05) is 36.2 Å². The standard InChI is InChI=1S/C71H91NO13Si/c1-9-13-14-15-16-17-18-19-20-21-22-23-24-25-26-27-28-29-39-46-57(73)83-55-47-56-70(79,49-81-56)62-64(84-66(77)53-44-37-32-38-45-53)71(80)48-54(50(5)58(68(71,6)7)60(74)63(75)69(55,62)8)82-67(78)61(85-86(10-2,11-3)12-4)59(51-40-33-30-34-41-51)72-65(76)52-42-35-31-36-43-52/h13-14,16-17,19-20,22-23,25-26,28-38,40-45,54-56,59-62,64,74,79-80H,9-12,15,18,21,24,27,39,46-49H2,1-8H3,(H,72,76)/b14-13-,17-16-,20-19-,23-22-,26-25-,29-28-/t54?,55?,56?,59?,60?,61-,62?,64?,69?,70?,71?/m1/s1. The number of fused-ring (bicyclic) bond motifs is 5. The van der Waals surface area contributed by atoms with Crippen molar-refractivity contribution in [2.75, 3.05) is 6.61 Å². The van der Waals surface area contributed by atoms with Crippen molar-refractivity contribution in [1.82, 2.24) is 5.32 Å². The van der Waals surface area contributed by atoms with Gasteiger partial charge in [0.05, 0.1) is 29.7 Å². The van der Waals surface area contributed by atoms with E-state index in [1.165, 1.54) is 19.1 Å². The summed E-state index contributed by atoms with van der Waals surface area (Å²) in [6, 6.07) is 26.5. The van der Waals surface area contributed by atoms with Crippen LogP contribution in [0.25, 0.3) is 0 Å². The van der Waals surface area contributed by atoms with Gasteiger partial charge in [0.25, 0.3) is 5.91 Å². The number of amides is 1. The first-order valence-corrected chi connectivity index (χ1v) is 33.4. The lowest BCUT2D eigenvalue weighted by molar-refractivity contribution is -0.344. The van der Waals surface area contributed by atoms with Gasteiger partial charge < -0.3 is 44.0 Å². The third-order valence-corrected chi connectivity index (χ3v) is 23.2. The van der Waals surface area contributed by atoms with Crippen molar-refractivity contribution >= 4 is 37.9 Å². The fraction of sp³-hybridized carbons (Fsp3) is 0.479. The fourth-order valence-electron chi connectivity index (χ4n) is 13.1. The molecule has 7 rings (SSSR count). The average Bonchev–Trinajstić information content (AvgIpc) is 0.679. The molecule has 3 aromatic rings. The zero-order valence-electron chi connectivity index (χ0n) is 51.5. The van der Waals surface area contributed by atoms with Crippen LogP contribution in [-0.4, -0.2) is 108 Å². The minimum absolute atomic E-state index is 0.00466. The normalized spacial score (nSPS) is 27.2. The van der Waals surface area contributed by atoms with E-state index in [0.29, 0.717) is 42.1 Å². The topological polar surface area (TPSA) is 204 Å². The Balaban J connectivity index is 1.18. The molecule has 4 aliphatic rings. The molecule has 4 N–H and O–H groups in total. The predicted octanol–water partition coefficient (Wildman–Crippen LogP) is 12.7. The van der Waals surface area contributed by atoms with E-state index in [1.54, 1.807) is 93.6 Å². The highest BCUT2D eigenvalue weighted by atomic mass is 28.4. The molecule has 1 heterocycles. The minimum Gasteiger partial charge on any atom is -0.461 e. The van der Waals surface area contributed by atoms with Crippen LogP contribution in [0.2, 0.25) is 18.1 Å². The van der Waals surface area contributed by atoms with Gasteiger partial charge in [-0.1, -0.05) is 181 Å². The van der Waals surface area contributed by atoms with Crippen LogP contribution in [0.1, 0.15) is 152 Å². The van der Waals surface area contributed by atoms with E-state index < -0.39 is 115 Å². The molecular formula is C71H91NO13Si. The van der Waals surface area contributed by atoms with Crippen LogP contribution in [0.3, 0.4) is 0 Å². The molecule has 2 bridgehead atoms. The summed E-state index contributed by atoms with van der Waals surface area (Å²) in [5, 5.41) is 43.1.